The second-order valence-electron chi connectivity index (χ2n) is 5.67. The maximum atomic E-state index is 12.6. The molecule has 7 nitrogen and oxygen atoms in total. The van der Waals surface area contributed by atoms with E-state index in [1.807, 2.05) is 19.1 Å². The molecule has 0 aromatic carbocycles. The van der Waals surface area contributed by atoms with Gasteiger partial charge in [-0.05, 0) is 25.8 Å². The van der Waals surface area contributed by atoms with Crippen molar-refractivity contribution in [2.24, 2.45) is 0 Å². The molecule has 0 N–H and O–H groups in total. The Morgan fingerprint density at radius 2 is 2.05 bits per heavy atom. The van der Waals surface area contributed by atoms with Gasteiger partial charge in [0.25, 0.3) is 10.2 Å². The molecule has 1 saturated heterocycles. The van der Waals surface area contributed by atoms with Crippen LogP contribution in [0.5, 0.6) is 0 Å². The van der Waals surface area contributed by atoms with Gasteiger partial charge in [-0.3, -0.25) is 0 Å². The van der Waals surface area contributed by atoms with Crippen LogP contribution in [-0.2, 0) is 15.7 Å². The maximum Gasteiger partial charge on any atom is 0.282 e. The minimum Gasteiger partial charge on any atom is -0.237 e. The molecule has 1 aliphatic heterocycles. The molecular formula is C13H19N5O2S. The summed E-state index contributed by atoms with van der Waals surface area (Å²) in [5.41, 5.74) is 0.958. The van der Waals surface area contributed by atoms with Crippen molar-refractivity contribution in [2.75, 3.05) is 20.6 Å². The van der Waals surface area contributed by atoms with Crippen molar-refractivity contribution in [3.05, 3.63) is 30.2 Å². The zero-order chi connectivity index (χ0) is 15.3. The molecule has 0 saturated carbocycles. The Labute approximate surface area is 124 Å². The lowest BCUT2D eigenvalue weighted by molar-refractivity contribution is 0.244. The van der Waals surface area contributed by atoms with Gasteiger partial charge in [-0.25, -0.2) is 9.50 Å². The first-order valence-corrected chi connectivity index (χ1v) is 8.26. The Morgan fingerprint density at radius 1 is 1.29 bits per heavy atom. The van der Waals surface area contributed by atoms with Crippen LogP contribution in [-0.4, -0.2) is 52.3 Å². The van der Waals surface area contributed by atoms with Gasteiger partial charge in [-0.15, -0.1) is 0 Å². The normalized spacial score (nSPS) is 24.2. The average molecular weight is 309 g/mol. The lowest BCUT2D eigenvalue weighted by Gasteiger charge is -2.36. The Morgan fingerprint density at radius 3 is 2.76 bits per heavy atom. The minimum absolute atomic E-state index is 0.516. The quantitative estimate of drug-likeness (QED) is 0.842. The molecule has 0 spiro atoms. The fourth-order valence-corrected chi connectivity index (χ4v) is 4.45. The van der Waals surface area contributed by atoms with Crippen molar-refractivity contribution in [3.63, 3.8) is 0 Å². The van der Waals surface area contributed by atoms with Crippen LogP contribution in [0.15, 0.2) is 24.5 Å². The number of fused-ring (bicyclic) bond motifs is 1. The van der Waals surface area contributed by atoms with E-state index in [2.05, 4.69) is 10.1 Å². The largest absolute Gasteiger partial charge is 0.282 e. The third-order valence-corrected chi connectivity index (χ3v) is 6.22. The van der Waals surface area contributed by atoms with Gasteiger partial charge in [-0.2, -0.15) is 22.1 Å². The van der Waals surface area contributed by atoms with E-state index in [0.29, 0.717) is 6.54 Å². The molecule has 3 rings (SSSR count). The van der Waals surface area contributed by atoms with E-state index in [4.69, 9.17) is 0 Å². The van der Waals surface area contributed by atoms with Crippen molar-refractivity contribution in [1.82, 2.24) is 23.2 Å². The molecule has 3 heterocycles. The van der Waals surface area contributed by atoms with Gasteiger partial charge in [0.05, 0.1) is 17.4 Å². The summed E-state index contributed by atoms with van der Waals surface area (Å²) in [5, 5.41) is 4.29. The monoisotopic (exact) mass is 309 g/mol. The Kier molecular flexibility index (Phi) is 3.27. The molecule has 1 atom stereocenters. The van der Waals surface area contributed by atoms with E-state index in [9.17, 15) is 8.42 Å². The van der Waals surface area contributed by atoms with Crippen LogP contribution in [0.25, 0.3) is 5.65 Å². The lowest BCUT2D eigenvalue weighted by Crippen LogP contribution is -2.48. The van der Waals surface area contributed by atoms with E-state index < -0.39 is 15.7 Å². The maximum absolute atomic E-state index is 12.6. The van der Waals surface area contributed by atoms with Crippen molar-refractivity contribution >= 4 is 15.9 Å². The molecule has 0 aliphatic carbocycles. The van der Waals surface area contributed by atoms with Gasteiger partial charge in [0.2, 0.25) is 0 Å². The van der Waals surface area contributed by atoms with Gasteiger partial charge in [0.15, 0.2) is 5.65 Å². The van der Waals surface area contributed by atoms with E-state index >= 15 is 0 Å². The number of aromatic nitrogens is 3. The van der Waals surface area contributed by atoms with Crippen molar-refractivity contribution in [3.8, 4) is 0 Å². The van der Waals surface area contributed by atoms with Crippen LogP contribution >= 0.6 is 0 Å². The highest BCUT2D eigenvalue weighted by atomic mass is 32.2. The van der Waals surface area contributed by atoms with Crippen LogP contribution in [0.3, 0.4) is 0 Å². The van der Waals surface area contributed by atoms with Crippen LogP contribution in [0.2, 0.25) is 0 Å². The third kappa shape index (κ3) is 2.05. The van der Waals surface area contributed by atoms with Crippen LogP contribution in [0, 0.1) is 0 Å². The summed E-state index contributed by atoms with van der Waals surface area (Å²) in [6.07, 6.45) is 4.97. The lowest BCUT2D eigenvalue weighted by atomic mass is 9.95. The average Bonchev–Trinajstić information content (AvgIpc) is 3.04. The van der Waals surface area contributed by atoms with E-state index in [1.54, 1.807) is 35.3 Å². The van der Waals surface area contributed by atoms with Gasteiger partial charge < -0.3 is 0 Å². The number of hydrogen-bond acceptors (Lipinski definition) is 4. The summed E-state index contributed by atoms with van der Waals surface area (Å²) in [6, 6.07) is 3.66. The summed E-state index contributed by atoms with van der Waals surface area (Å²) >= 11 is 0. The fraction of sp³-hybridized carbons (Fsp3) is 0.538. The molecule has 114 valence electrons. The first-order valence-electron chi connectivity index (χ1n) is 6.87. The Balaban J connectivity index is 2.17. The predicted molar refractivity (Wildman–Crippen MR) is 78.9 cm³/mol. The van der Waals surface area contributed by atoms with Gasteiger partial charge in [0, 0.05) is 32.9 Å². The standard InChI is InChI=1S/C13H19N5O2S/c1-13(7-4-10-17(13)21(19,20)16(2)3)11-5-8-14-12-6-9-15-18(11)12/h5-6,8-9H,4,7,10H2,1-3H3. The fourth-order valence-electron chi connectivity index (χ4n) is 3.00. The molecule has 21 heavy (non-hydrogen) atoms. The molecule has 0 amide bonds. The first kappa shape index (κ1) is 14.4. The number of nitrogens with zero attached hydrogens (tertiary/aromatic N) is 5. The molecule has 1 unspecified atom stereocenters. The molecule has 0 bridgehead atoms. The zero-order valence-corrected chi connectivity index (χ0v) is 13.2. The zero-order valence-electron chi connectivity index (χ0n) is 12.4. The van der Waals surface area contributed by atoms with Crippen molar-refractivity contribution in [2.45, 2.75) is 25.3 Å². The van der Waals surface area contributed by atoms with Crippen molar-refractivity contribution < 1.29 is 8.42 Å². The molecule has 1 aliphatic rings. The highest BCUT2D eigenvalue weighted by Gasteiger charge is 2.47. The minimum atomic E-state index is -3.48. The molecular weight excluding hydrogens is 290 g/mol. The van der Waals surface area contributed by atoms with Gasteiger partial charge in [-0.1, -0.05) is 0 Å². The highest BCUT2D eigenvalue weighted by Crippen LogP contribution is 2.40. The summed E-state index contributed by atoms with van der Waals surface area (Å²) in [7, 11) is -0.360. The molecule has 2 aromatic heterocycles. The highest BCUT2D eigenvalue weighted by molar-refractivity contribution is 7.86. The van der Waals surface area contributed by atoms with E-state index in [-0.39, 0.29) is 0 Å². The Bertz CT molecular complexity index is 770. The topological polar surface area (TPSA) is 70.8 Å². The Hall–Kier alpha value is -1.51. The van der Waals surface area contributed by atoms with Gasteiger partial charge in [0.1, 0.15) is 0 Å². The van der Waals surface area contributed by atoms with E-state index in [1.165, 1.54) is 4.31 Å². The third-order valence-electron chi connectivity index (χ3n) is 4.16. The smallest absolute Gasteiger partial charge is 0.237 e. The molecule has 8 heteroatoms. The van der Waals surface area contributed by atoms with Crippen LogP contribution in [0.4, 0.5) is 0 Å². The SMILES string of the molecule is CN(C)S(=O)(=O)N1CCCC1(C)c1ccnc2ccnn12. The van der Waals surface area contributed by atoms with Crippen LogP contribution < -0.4 is 0 Å². The molecule has 1 fully saturated rings. The second kappa shape index (κ2) is 4.75. The summed E-state index contributed by atoms with van der Waals surface area (Å²) in [5.74, 6) is 0. The summed E-state index contributed by atoms with van der Waals surface area (Å²) < 4.78 is 29.8. The summed E-state index contributed by atoms with van der Waals surface area (Å²) in [4.78, 5) is 4.25. The van der Waals surface area contributed by atoms with Gasteiger partial charge >= 0.3 is 0 Å². The first-order chi connectivity index (χ1) is 9.87. The van der Waals surface area contributed by atoms with E-state index in [0.717, 1.165) is 24.2 Å². The van der Waals surface area contributed by atoms with Crippen LogP contribution in [0.1, 0.15) is 25.5 Å². The second-order valence-corrected chi connectivity index (χ2v) is 7.74. The predicted octanol–water partition coefficient (Wildman–Crippen LogP) is 0.847. The molecule has 2 aromatic rings. The number of rotatable bonds is 3. The summed E-state index contributed by atoms with van der Waals surface area (Å²) in [6.45, 7) is 2.47. The number of hydrogen-bond donors (Lipinski definition) is 0. The van der Waals surface area contributed by atoms with Crippen molar-refractivity contribution in [1.29, 1.82) is 0 Å². The molecule has 0 radical (unpaired) electrons.